The number of likely N-dealkylation sites (tertiary alicyclic amines) is 1. The van der Waals surface area contributed by atoms with Crippen LogP contribution in [0.5, 0.6) is 0 Å². The van der Waals surface area contributed by atoms with Crippen LogP contribution in [-0.2, 0) is 11.3 Å². The molecule has 1 aliphatic heterocycles. The fraction of sp³-hybridized carbons (Fsp3) is 0.500. The molecular formula is C14H18Cl2N2O. The number of hydrogen-bond donors (Lipinski definition) is 1. The highest BCUT2D eigenvalue weighted by Gasteiger charge is 2.16. The number of carbonyl (C=O) groups is 1. The first-order valence-corrected chi connectivity index (χ1v) is 7.35. The number of amides is 1. The Balaban J connectivity index is 1.71. The van der Waals surface area contributed by atoms with Gasteiger partial charge in [-0.05, 0) is 24.5 Å². The summed E-state index contributed by atoms with van der Waals surface area (Å²) in [5, 5.41) is 4.38. The van der Waals surface area contributed by atoms with Gasteiger partial charge in [-0.1, -0.05) is 35.3 Å². The van der Waals surface area contributed by atoms with Crippen LogP contribution >= 0.6 is 23.2 Å². The maximum atomic E-state index is 11.8. The average Bonchev–Trinajstić information content (AvgIpc) is 2.93. The largest absolute Gasteiger partial charge is 0.343 e. The Bertz CT molecular complexity index is 445. The van der Waals surface area contributed by atoms with E-state index in [4.69, 9.17) is 23.2 Å². The van der Waals surface area contributed by atoms with E-state index in [1.807, 2.05) is 17.0 Å². The van der Waals surface area contributed by atoms with Crippen LogP contribution in [0.25, 0.3) is 0 Å². The van der Waals surface area contributed by atoms with Gasteiger partial charge in [-0.3, -0.25) is 4.79 Å². The van der Waals surface area contributed by atoms with Crippen molar-refractivity contribution < 1.29 is 4.79 Å². The Labute approximate surface area is 123 Å². The van der Waals surface area contributed by atoms with Crippen LogP contribution in [-0.4, -0.2) is 30.4 Å². The van der Waals surface area contributed by atoms with E-state index in [-0.39, 0.29) is 5.91 Å². The lowest BCUT2D eigenvalue weighted by Crippen LogP contribution is -2.30. The summed E-state index contributed by atoms with van der Waals surface area (Å²) in [6.07, 6.45) is 2.81. The van der Waals surface area contributed by atoms with Gasteiger partial charge in [0.15, 0.2) is 0 Å². The predicted octanol–water partition coefficient (Wildman–Crippen LogP) is 3.10. The van der Waals surface area contributed by atoms with Crippen molar-refractivity contribution in [1.82, 2.24) is 10.2 Å². The minimum absolute atomic E-state index is 0.238. The van der Waals surface area contributed by atoms with Gasteiger partial charge < -0.3 is 10.2 Å². The number of hydrogen-bond acceptors (Lipinski definition) is 2. The summed E-state index contributed by atoms with van der Waals surface area (Å²) in [6, 6.07) is 5.58. The molecule has 0 saturated carbocycles. The molecular weight excluding hydrogens is 283 g/mol. The summed E-state index contributed by atoms with van der Waals surface area (Å²) in [5.41, 5.74) is 0.961. The molecule has 1 aromatic rings. The zero-order chi connectivity index (χ0) is 13.7. The second kappa shape index (κ2) is 7.13. The maximum absolute atomic E-state index is 11.8. The first-order chi connectivity index (χ1) is 9.18. The van der Waals surface area contributed by atoms with Crippen LogP contribution in [0.4, 0.5) is 0 Å². The highest BCUT2D eigenvalue weighted by Crippen LogP contribution is 2.25. The second-order valence-electron chi connectivity index (χ2n) is 4.73. The van der Waals surface area contributed by atoms with Crippen molar-refractivity contribution in [2.24, 2.45) is 0 Å². The van der Waals surface area contributed by atoms with Gasteiger partial charge in [-0.2, -0.15) is 0 Å². The Morgan fingerprint density at radius 2 is 2.00 bits per heavy atom. The molecule has 3 nitrogen and oxygen atoms in total. The minimum Gasteiger partial charge on any atom is -0.343 e. The molecule has 0 spiro atoms. The van der Waals surface area contributed by atoms with Gasteiger partial charge in [-0.15, -0.1) is 0 Å². The van der Waals surface area contributed by atoms with Gasteiger partial charge in [0, 0.05) is 32.6 Å². The van der Waals surface area contributed by atoms with E-state index in [1.165, 1.54) is 0 Å². The standard InChI is InChI=1S/C14H18Cl2N2O/c15-12-5-3-4-11(14(12)16)10-17-7-6-13(19)18-8-1-2-9-18/h3-5,17H,1-2,6-10H2. The minimum atomic E-state index is 0.238. The third-order valence-corrected chi connectivity index (χ3v) is 4.18. The molecule has 1 heterocycles. The molecule has 1 amide bonds. The highest BCUT2D eigenvalue weighted by atomic mass is 35.5. The van der Waals surface area contributed by atoms with Crippen molar-refractivity contribution in [3.63, 3.8) is 0 Å². The molecule has 0 aromatic heterocycles. The number of nitrogens with zero attached hydrogens (tertiary/aromatic N) is 1. The number of benzene rings is 1. The summed E-state index contributed by atoms with van der Waals surface area (Å²) >= 11 is 12.0. The third kappa shape index (κ3) is 4.10. The van der Waals surface area contributed by atoms with E-state index in [0.29, 0.717) is 29.6 Å². The normalized spacial score (nSPS) is 14.9. The topological polar surface area (TPSA) is 32.3 Å². The number of rotatable bonds is 5. The molecule has 0 radical (unpaired) electrons. The van der Waals surface area contributed by atoms with Crippen LogP contribution in [0.2, 0.25) is 10.0 Å². The monoisotopic (exact) mass is 300 g/mol. The molecule has 19 heavy (non-hydrogen) atoms. The molecule has 104 valence electrons. The van der Waals surface area contributed by atoms with E-state index in [2.05, 4.69) is 5.32 Å². The highest BCUT2D eigenvalue weighted by molar-refractivity contribution is 6.42. The molecule has 0 atom stereocenters. The van der Waals surface area contributed by atoms with Gasteiger partial charge in [0.25, 0.3) is 0 Å². The zero-order valence-corrected chi connectivity index (χ0v) is 12.3. The van der Waals surface area contributed by atoms with Crippen molar-refractivity contribution >= 4 is 29.1 Å². The van der Waals surface area contributed by atoms with Crippen molar-refractivity contribution in [3.8, 4) is 0 Å². The molecule has 2 rings (SSSR count). The van der Waals surface area contributed by atoms with E-state index in [9.17, 15) is 4.79 Å². The lowest BCUT2D eigenvalue weighted by Gasteiger charge is -2.15. The second-order valence-corrected chi connectivity index (χ2v) is 5.51. The average molecular weight is 301 g/mol. The van der Waals surface area contributed by atoms with Crippen LogP contribution < -0.4 is 5.32 Å². The van der Waals surface area contributed by atoms with Crippen LogP contribution in [0.15, 0.2) is 18.2 Å². The Morgan fingerprint density at radius 1 is 1.26 bits per heavy atom. The summed E-state index contributed by atoms with van der Waals surface area (Å²) in [6.45, 7) is 3.13. The molecule has 0 unspecified atom stereocenters. The number of nitrogens with one attached hydrogen (secondary N) is 1. The van der Waals surface area contributed by atoms with Crippen molar-refractivity contribution in [2.75, 3.05) is 19.6 Å². The van der Waals surface area contributed by atoms with Crippen molar-refractivity contribution in [3.05, 3.63) is 33.8 Å². The molecule has 1 saturated heterocycles. The van der Waals surface area contributed by atoms with Gasteiger partial charge in [0.1, 0.15) is 0 Å². The fourth-order valence-electron chi connectivity index (χ4n) is 2.23. The van der Waals surface area contributed by atoms with Gasteiger partial charge in [0.2, 0.25) is 5.91 Å². The van der Waals surface area contributed by atoms with Gasteiger partial charge >= 0.3 is 0 Å². The molecule has 1 aliphatic rings. The summed E-state index contributed by atoms with van der Waals surface area (Å²) < 4.78 is 0. The van der Waals surface area contributed by atoms with Crippen LogP contribution in [0.3, 0.4) is 0 Å². The van der Waals surface area contributed by atoms with Crippen LogP contribution in [0, 0.1) is 0 Å². The Hall–Kier alpha value is -0.770. The molecule has 5 heteroatoms. The predicted molar refractivity (Wildman–Crippen MR) is 78.6 cm³/mol. The molecule has 1 aromatic carbocycles. The molecule has 0 aliphatic carbocycles. The lowest BCUT2D eigenvalue weighted by atomic mass is 10.2. The molecule has 1 fully saturated rings. The van der Waals surface area contributed by atoms with Crippen molar-refractivity contribution in [2.45, 2.75) is 25.8 Å². The third-order valence-electron chi connectivity index (χ3n) is 3.32. The van der Waals surface area contributed by atoms with E-state index in [0.717, 1.165) is 31.5 Å². The van der Waals surface area contributed by atoms with Crippen molar-refractivity contribution in [1.29, 1.82) is 0 Å². The summed E-state index contributed by atoms with van der Waals surface area (Å²) in [4.78, 5) is 13.8. The first-order valence-electron chi connectivity index (χ1n) is 6.60. The number of carbonyl (C=O) groups excluding carboxylic acids is 1. The van der Waals surface area contributed by atoms with Gasteiger partial charge in [-0.25, -0.2) is 0 Å². The smallest absolute Gasteiger partial charge is 0.223 e. The SMILES string of the molecule is O=C(CCNCc1cccc(Cl)c1Cl)N1CCCC1. The molecule has 1 N–H and O–H groups in total. The maximum Gasteiger partial charge on any atom is 0.223 e. The van der Waals surface area contributed by atoms with E-state index in [1.54, 1.807) is 6.07 Å². The van der Waals surface area contributed by atoms with E-state index >= 15 is 0 Å². The van der Waals surface area contributed by atoms with Gasteiger partial charge in [0.05, 0.1) is 10.0 Å². The number of halogens is 2. The quantitative estimate of drug-likeness (QED) is 0.848. The lowest BCUT2D eigenvalue weighted by molar-refractivity contribution is -0.130. The first kappa shape index (κ1) is 14.6. The Morgan fingerprint density at radius 3 is 2.74 bits per heavy atom. The fourth-order valence-corrected chi connectivity index (χ4v) is 2.61. The Kier molecular flexibility index (Phi) is 5.49. The van der Waals surface area contributed by atoms with Crippen LogP contribution in [0.1, 0.15) is 24.8 Å². The van der Waals surface area contributed by atoms with E-state index < -0.39 is 0 Å². The molecule has 0 bridgehead atoms. The zero-order valence-electron chi connectivity index (χ0n) is 10.8. The summed E-state index contributed by atoms with van der Waals surface area (Å²) in [7, 11) is 0. The summed E-state index contributed by atoms with van der Waals surface area (Å²) in [5.74, 6) is 0.238.